The number of halogens is 1. The number of amides is 1. The predicted molar refractivity (Wildman–Crippen MR) is 92.1 cm³/mol. The second kappa shape index (κ2) is 8.54. The maximum atomic E-state index is 12.9. The van der Waals surface area contributed by atoms with Gasteiger partial charge in [0.25, 0.3) is 0 Å². The van der Waals surface area contributed by atoms with Gasteiger partial charge in [0.2, 0.25) is 5.91 Å². The highest BCUT2D eigenvalue weighted by molar-refractivity contribution is 5.85. The van der Waals surface area contributed by atoms with Gasteiger partial charge in [0, 0.05) is 19.1 Å². The molecule has 22 heavy (non-hydrogen) atoms. The number of rotatable bonds is 4. The van der Waals surface area contributed by atoms with Gasteiger partial charge >= 0.3 is 0 Å². The molecule has 1 N–H and O–H groups in total. The van der Waals surface area contributed by atoms with E-state index in [2.05, 4.69) is 34.5 Å². The standard InChI is InChI=1S/C18H26N2O.ClH/c21-18(16-11-12-19-13-16)20(17-9-5-2-6-10-17)14-15-7-3-1-4-8-15;/h1,3-4,7-8,16-17,19H,2,5-6,9-14H2;1H. The Balaban J connectivity index is 0.00000176. The third kappa shape index (κ3) is 4.23. The summed E-state index contributed by atoms with van der Waals surface area (Å²) >= 11 is 0. The molecule has 1 heterocycles. The Morgan fingerprint density at radius 3 is 2.45 bits per heavy atom. The Bertz CT molecular complexity index is 453. The van der Waals surface area contributed by atoms with Crippen LogP contribution >= 0.6 is 12.4 Å². The largest absolute Gasteiger partial charge is 0.335 e. The molecule has 1 aliphatic carbocycles. The van der Waals surface area contributed by atoms with Gasteiger partial charge in [0.15, 0.2) is 0 Å². The molecule has 1 aliphatic heterocycles. The Morgan fingerprint density at radius 2 is 1.82 bits per heavy atom. The number of nitrogens with zero attached hydrogens (tertiary/aromatic N) is 1. The van der Waals surface area contributed by atoms with Crippen molar-refractivity contribution in [2.75, 3.05) is 13.1 Å². The zero-order valence-corrected chi connectivity index (χ0v) is 14.0. The monoisotopic (exact) mass is 322 g/mol. The second-order valence-corrected chi connectivity index (χ2v) is 6.43. The molecule has 1 saturated carbocycles. The lowest BCUT2D eigenvalue weighted by Gasteiger charge is -2.36. The number of hydrogen-bond donors (Lipinski definition) is 1. The van der Waals surface area contributed by atoms with Crippen LogP contribution in [-0.4, -0.2) is 29.9 Å². The van der Waals surface area contributed by atoms with E-state index >= 15 is 0 Å². The molecule has 0 bridgehead atoms. The quantitative estimate of drug-likeness (QED) is 0.921. The first-order valence-electron chi connectivity index (χ1n) is 8.40. The SMILES string of the molecule is Cl.O=C(C1CCNC1)N(Cc1ccccc1)C1CCCCC1. The normalized spacial score (nSPS) is 22.1. The number of hydrogen-bond acceptors (Lipinski definition) is 2. The zero-order valence-electron chi connectivity index (χ0n) is 13.2. The summed E-state index contributed by atoms with van der Waals surface area (Å²) in [7, 11) is 0. The minimum absolute atomic E-state index is 0. The van der Waals surface area contributed by atoms with Crippen molar-refractivity contribution in [1.82, 2.24) is 10.2 Å². The lowest BCUT2D eigenvalue weighted by molar-refractivity contribution is -0.138. The number of nitrogens with one attached hydrogen (secondary N) is 1. The molecular weight excluding hydrogens is 296 g/mol. The van der Waals surface area contributed by atoms with Crippen LogP contribution in [0.5, 0.6) is 0 Å². The van der Waals surface area contributed by atoms with Gasteiger partial charge in [-0.2, -0.15) is 0 Å². The summed E-state index contributed by atoms with van der Waals surface area (Å²) in [6.07, 6.45) is 7.22. The van der Waals surface area contributed by atoms with Gasteiger partial charge < -0.3 is 10.2 Å². The Kier molecular flexibility index (Phi) is 6.71. The van der Waals surface area contributed by atoms with Crippen molar-refractivity contribution in [3.63, 3.8) is 0 Å². The molecule has 2 fully saturated rings. The minimum Gasteiger partial charge on any atom is -0.335 e. The van der Waals surface area contributed by atoms with E-state index in [1.165, 1.54) is 37.7 Å². The van der Waals surface area contributed by atoms with Crippen LogP contribution in [0.25, 0.3) is 0 Å². The second-order valence-electron chi connectivity index (χ2n) is 6.43. The third-order valence-electron chi connectivity index (χ3n) is 4.90. The summed E-state index contributed by atoms with van der Waals surface area (Å²) in [5.74, 6) is 0.561. The van der Waals surface area contributed by atoms with Crippen LogP contribution in [-0.2, 0) is 11.3 Å². The first kappa shape index (κ1) is 17.3. The van der Waals surface area contributed by atoms with E-state index in [-0.39, 0.29) is 18.3 Å². The molecule has 0 spiro atoms. The van der Waals surface area contributed by atoms with E-state index in [4.69, 9.17) is 0 Å². The molecule has 1 aromatic carbocycles. The van der Waals surface area contributed by atoms with E-state index in [1.54, 1.807) is 0 Å². The van der Waals surface area contributed by atoms with Crippen LogP contribution in [0.3, 0.4) is 0 Å². The molecular formula is C18H27ClN2O. The fourth-order valence-corrected chi connectivity index (χ4v) is 3.66. The molecule has 1 amide bonds. The highest BCUT2D eigenvalue weighted by atomic mass is 35.5. The highest BCUT2D eigenvalue weighted by Crippen LogP contribution is 2.26. The molecule has 4 heteroatoms. The summed E-state index contributed by atoms with van der Waals surface area (Å²) < 4.78 is 0. The Hall–Kier alpha value is -1.06. The van der Waals surface area contributed by atoms with Gasteiger partial charge in [-0.05, 0) is 31.4 Å². The Labute approximate surface area is 139 Å². The van der Waals surface area contributed by atoms with E-state index in [9.17, 15) is 4.79 Å². The number of benzene rings is 1. The molecule has 1 atom stereocenters. The molecule has 1 saturated heterocycles. The zero-order chi connectivity index (χ0) is 14.5. The molecule has 2 aliphatic rings. The molecule has 3 rings (SSSR count). The lowest BCUT2D eigenvalue weighted by atomic mass is 9.92. The van der Waals surface area contributed by atoms with Crippen LogP contribution in [0.4, 0.5) is 0 Å². The minimum atomic E-state index is 0. The van der Waals surface area contributed by atoms with Crippen molar-refractivity contribution in [2.24, 2.45) is 5.92 Å². The lowest BCUT2D eigenvalue weighted by Crippen LogP contribution is -2.44. The first-order chi connectivity index (χ1) is 10.3. The first-order valence-corrected chi connectivity index (χ1v) is 8.40. The molecule has 122 valence electrons. The molecule has 1 unspecified atom stereocenters. The summed E-state index contributed by atoms with van der Waals surface area (Å²) in [6.45, 7) is 2.62. The van der Waals surface area contributed by atoms with E-state index < -0.39 is 0 Å². The summed E-state index contributed by atoms with van der Waals surface area (Å²) in [6, 6.07) is 10.9. The van der Waals surface area contributed by atoms with Gasteiger partial charge in [0.05, 0.1) is 5.92 Å². The average molecular weight is 323 g/mol. The summed E-state index contributed by atoms with van der Waals surface area (Å²) in [4.78, 5) is 15.1. The van der Waals surface area contributed by atoms with Crippen molar-refractivity contribution >= 4 is 18.3 Å². The van der Waals surface area contributed by atoms with Crippen molar-refractivity contribution < 1.29 is 4.79 Å². The third-order valence-corrected chi connectivity index (χ3v) is 4.90. The predicted octanol–water partition coefficient (Wildman–Crippen LogP) is 3.38. The van der Waals surface area contributed by atoms with E-state index in [1.807, 2.05) is 6.07 Å². The van der Waals surface area contributed by atoms with Gasteiger partial charge in [0.1, 0.15) is 0 Å². The Morgan fingerprint density at radius 1 is 1.09 bits per heavy atom. The molecule has 0 aromatic heterocycles. The van der Waals surface area contributed by atoms with Gasteiger partial charge in [-0.1, -0.05) is 49.6 Å². The van der Waals surface area contributed by atoms with Crippen LogP contribution in [0, 0.1) is 5.92 Å². The number of carbonyl (C=O) groups is 1. The molecule has 0 radical (unpaired) electrons. The topological polar surface area (TPSA) is 32.3 Å². The molecule has 3 nitrogen and oxygen atoms in total. The van der Waals surface area contributed by atoms with Crippen LogP contribution in [0.15, 0.2) is 30.3 Å². The average Bonchev–Trinajstić information content (AvgIpc) is 3.08. The van der Waals surface area contributed by atoms with Crippen LogP contribution < -0.4 is 5.32 Å². The van der Waals surface area contributed by atoms with Gasteiger partial charge in [-0.15, -0.1) is 12.4 Å². The van der Waals surface area contributed by atoms with Crippen molar-refractivity contribution in [3.05, 3.63) is 35.9 Å². The fraction of sp³-hybridized carbons (Fsp3) is 0.611. The van der Waals surface area contributed by atoms with E-state index in [0.717, 1.165) is 26.1 Å². The van der Waals surface area contributed by atoms with Crippen molar-refractivity contribution in [2.45, 2.75) is 51.1 Å². The fourth-order valence-electron chi connectivity index (χ4n) is 3.66. The van der Waals surface area contributed by atoms with Crippen LogP contribution in [0.1, 0.15) is 44.1 Å². The van der Waals surface area contributed by atoms with Gasteiger partial charge in [-0.3, -0.25) is 4.79 Å². The van der Waals surface area contributed by atoms with Gasteiger partial charge in [-0.25, -0.2) is 0 Å². The maximum absolute atomic E-state index is 12.9. The van der Waals surface area contributed by atoms with Crippen LogP contribution in [0.2, 0.25) is 0 Å². The summed E-state index contributed by atoms with van der Waals surface area (Å²) in [5, 5.41) is 3.33. The maximum Gasteiger partial charge on any atom is 0.227 e. The number of carbonyl (C=O) groups excluding carboxylic acids is 1. The smallest absolute Gasteiger partial charge is 0.227 e. The van der Waals surface area contributed by atoms with Crippen molar-refractivity contribution in [1.29, 1.82) is 0 Å². The summed E-state index contributed by atoms with van der Waals surface area (Å²) in [5.41, 5.74) is 1.25. The highest BCUT2D eigenvalue weighted by Gasteiger charge is 2.32. The van der Waals surface area contributed by atoms with E-state index in [0.29, 0.717) is 11.9 Å². The van der Waals surface area contributed by atoms with Crippen molar-refractivity contribution in [3.8, 4) is 0 Å². The molecule has 1 aromatic rings.